The highest BCUT2D eigenvalue weighted by Crippen LogP contribution is 2.29. The monoisotopic (exact) mass is 281 g/mol. The summed E-state index contributed by atoms with van der Waals surface area (Å²) in [6.45, 7) is 4.68. The Bertz CT molecular complexity index is 578. The van der Waals surface area contributed by atoms with E-state index in [4.69, 9.17) is 0 Å². The zero-order valence-electron chi connectivity index (χ0n) is 13.3. The molecule has 0 heterocycles. The highest BCUT2D eigenvalue weighted by Gasteiger charge is 2.21. The van der Waals surface area contributed by atoms with Crippen LogP contribution in [0.2, 0.25) is 0 Å². The van der Waals surface area contributed by atoms with Crippen LogP contribution in [-0.2, 0) is 0 Å². The third-order valence-electron chi connectivity index (χ3n) is 5.16. The van der Waals surface area contributed by atoms with Gasteiger partial charge < -0.3 is 5.32 Å². The zero-order valence-corrected chi connectivity index (χ0v) is 13.3. The average Bonchev–Trinajstić information content (AvgIpc) is 2.55. The molecule has 0 saturated heterocycles. The Morgan fingerprint density at radius 2 is 1.62 bits per heavy atom. The van der Waals surface area contributed by atoms with Crippen molar-refractivity contribution in [1.82, 2.24) is 5.32 Å². The maximum Gasteiger partial charge on any atom is 0.0300 e. The summed E-state index contributed by atoms with van der Waals surface area (Å²) in [6.07, 6.45) is 7.06. The van der Waals surface area contributed by atoms with Crippen molar-refractivity contribution >= 4 is 10.8 Å². The Morgan fingerprint density at radius 1 is 0.905 bits per heavy atom. The van der Waals surface area contributed by atoms with E-state index >= 15 is 0 Å². The maximum absolute atomic E-state index is 3.86. The van der Waals surface area contributed by atoms with E-state index in [1.807, 2.05) is 0 Å². The molecule has 1 N–H and O–H groups in total. The van der Waals surface area contributed by atoms with E-state index < -0.39 is 0 Å². The Balaban J connectivity index is 1.75. The first kappa shape index (κ1) is 14.6. The lowest BCUT2D eigenvalue weighted by Gasteiger charge is -2.31. The van der Waals surface area contributed by atoms with E-state index in [0.29, 0.717) is 12.1 Å². The fourth-order valence-electron chi connectivity index (χ4n) is 3.88. The van der Waals surface area contributed by atoms with Gasteiger partial charge >= 0.3 is 0 Å². The molecule has 3 rings (SSSR count). The quantitative estimate of drug-likeness (QED) is 0.784. The van der Waals surface area contributed by atoms with Gasteiger partial charge in [0, 0.05) is 12.1 Å². The molecule has 1 heteroatoms. The minimum atomic E-state index is 0.410. The first-order valence-electron chi connectivity index (χ1n) is 8.49. The molecule has 0 amide bonds. The van der Waals surface area contributed by atoms with Crippen LogP contribution < -0.4 is 5.32 Å². The van der Waals surface area contributed by atoms with Gasteiger partial charge in [0.25, 0.3) is 0 Å². The van der Waals surface area contributed by atoms with Gasteiger partial charge in [0.15, 0.2) is 0 Å². The van der Waals surface area contributed by atoms with Crippen molar-refractivity contribution in [2.75, 3.05) is 0 Å². The van der Waals surface area contributed by atoms with Crippen LogP contribution in [0.5, 0.6) is 0 Å². The lowest BCUT2D eigenvalue weighted by Crippen LogP contribution is -2.36. The normalized spacial score (nSPS) is 19.5. The van der Waals surface area contributed by atoms with E-state index in [1.54, 1.807) is 0 Å². The molecule has 0 bridgehead atoms. The first-order chi connectivity index (χ1) is 10.3. The minimum Gasteiger partial charge on any atom is -0.307 e. The number of nitrogens with one attached hydrogen (secondary N) is 1. The third-order valence-corrected chi connectivity index (χ3v) is 5.16. The summed E-state index contributed by atoms with van der Waals surface area (Å²) >= 11 is 0. The van der Waals surface area contributed by atoms with E-state index in [0.717, 1.165) is 5.92 Å². The van der Waals surface area contributed by atoms with Crippen molar-refractivity contribution in [3.05, 3.63) is 48.0 Å². The molecule has 1 aliphatic rings. The molecule has 2 aromatic rings. The molecular weight excluding hydrogens is 254 g/mol. The summed E-state index contributed by atoms with van der Waals surface area (Å²) in [7, 11) is 0. The highest BCUT2D eigenvalue weighted by molar-refractivity contribution is 5.86. The first-order valence-corrected chi connectivity index (χ1v) is 8.49. The third kappa shape index (κ3) is 3.29. The van der Waals surface area contributed by atoms with Crippen molar-refractivity contribution < 1.29 is 0 Å². The van der Waals surface area contributed by atoms with Crippen LogP contribution in [-0.4, -0.2) is 6.04 Å². The second kappa shape index (κ2) is 6.62. The standard InChI is InChI=1S/C20H27N/c1-15(17-9-4-3-5-10-17)21-16(2)19-14-8-12-18-11-6-7-13-20(18)19/h6-8,11-17,21H,3-5,9-10H2,1-2H3/t15-,16?/m1/s1. The number of benzene rings is 2. The molecule has 2 atom stereocenters. The molecule has 1 aliphatic carbocycles. The summed E-state index contributed by atoms with van der Waals surface area (Å²) in [5.41, 5.74) is 1.43. The van der Waals surface area contributed by atoms with Crippen molar-refractivity contribution in [3.8, 4) is 0 Å². The molecular formula is C20H27N. The van der Waals surface area contributed by atoms with Crippen LogP contribution >= 0.6 is 0 Å². The van der Waals surface area contributed by atoms with Crippen LogP contribution in [0.25, 0.3) is 10.8 Å². The molecule has 1 fully saturated rings. The predicted molar refractivity (Wildman–Crippen MR) is 91.5 cm³/mol. The van der Waals surface area contributed by atoms with Gasteiger partial charge in [-0.15, -0.1) is 0 Å². The largest absolute Gasteiger partial charge is 0.307 e. The number of fused-ring (bicyclic) bond motifs is 1. The highest BCUT2D eigenvalue weighted by atomic mass is 14.9. The van der Waals surface area contributed by atoms with E-state index in [1.165, 1.54) is 48.4 Å². The lowest BCUT2D eigenvalue weighted by atomic mass is 9.84. The van der Waals surface area contributed by atoms with Crippen molar-refractivity contribution in [2.45, 2.75) is 58.0 Å². The molecule has 0 aromatic heterocycles. The maximum atomic E-state index is 3.86. The lowest BCUT2D eigenvalue weighted by molar-refractivity contribution is 0.268. The summed E-state index contributed by atoms with van der Waals surface area (Å²) in [4.78, 5) is 0. The molecule has 0 aliphatic heterocycles. The van der Waals surface area contributed by atoms with Crippen LogP contribution in [0.3, 0.4) is 0 Å². The summed E-state index contributed by atoms with van der Waals surface area (Å²) in [6, 6.07) is 16.4. The van der Waals surface area contributed by atoms with Crippen molar-refractivity contribution in [2.24, 2.45) is 5.92 Å². The summed E-state index contributed by atoms with van der Waals surface area (Å²) < 4.78 is 0. The number of hydrogen-bond donors (Lipinski definition) is 1. The van der Waals surface area contributed by atoms with Gasteiger partial charge in [0.05, 0.1) is 0 Å². The second-order valence-electron chi connectivity index (χ2n) is 6.64. The number of rotatable bonds is 4. The summed E-state index contributed by atoms with van der Waals surface area (Å²) in [5.74, 6) is 0.858. The predicted octanol–water partition coefficient (Wildman–Crippen LogP) is 5.46. The Labute approximate surface area is 128 Å². The van der Waals surface area contributed by atoms with Crippen molar-refractivity contribution in [1.29, 1.82) is 0 Å². The van der Waals surface area contributed by atoms with E-state index in [2.05, 4.69) is 61.6 Å². The molecule has 2 aromatic carbocycles. The fourth-order valence-corrected chi connectivity index (χ4v) is 3.88. The van der Waals surface area contributed by atoms with Gasteiger partial charge in [0.2, 0.25) is 0 Å². The van der Waals surface area contributed by atoms with E-state index in [9.17, 15) is 0 Å². The van der Waals surface area contributed by atoms with Crippen LogP contribution in [0.4, 0.5) is 0 Å². The Morgan fingerprint density at radius 3 is 2.43 bits per heavy atom. The SMILES string of the molecule is CC(N[C@H](C)C1CCCCC1)c1cccc2ccccc12. The second-order valence-corrected chi connectivity index (χ2v) is 6.64. The van der Waals surface area contributed by atoms with Crippen LogP contribution in [0, 0.1) is 5.92 Å². The molecule has 21 heavy (non-hydrogen) atoms. The average molecular weight is 281 g/mol. The molecule has 1 nitrogen and oxygen atoms in total. The van der Waals surface area contributed by atoms with Gasteiger partial charge in [-0.3, -0.25) is 0 Å². The van der Waals surface area contributed by atoms with Gasteiger partial charge in [-0.1, -0.05) is 61.7 Å². The topological polar surface area (TPSA) is 12.0 Å². The number of hydrogen-bond acceptors (Lipinski definition) is 1. The zero-order chi connectivity index (χ0) is 14.7. The van der Waals surface area contributed by atoms with Gasteiger partial charge in [-0.2, -0.15) is 0 Å². The van der Waals surface area contributed by atoms with Gasteiger partial charge in [0.1, 0.15) is 0 Å². The van der Waals surface area contributed by atoms with Gasteiger partial charge in [-0.25, -0.2) is 0 Å². The van der Waals surface area contributed by atoms with Crippen molar-refractivity contribution in [3.63, 3.8) is 0 Å². The molecule has 0 spiro atoms. The van der Waals surface area contributed by atoms with Gasteiger partial charge in [-0.05, 0) is 48.9 Å². The molecule has 0 radical (unpaired) electrons. The van der Waals surface area contributed by atoms with Crippen LogP contribution in [0.1, 0.15) is 57.6 Å². The molecule has 1 saturated carbocycles. The minimum absolute atomic E-state index is 0.410. The van der Waals surface area contributed by atoms with E-state index in [-0.39, 0.29) is 0 Å². The summed E-state index contributed by atoms with van der Waals surface area (Å²) in [5, 5.41) is 6.58. The molecule has 112 valence electrons. The Kier molecular flexibility index (Phi) is 4.60. The smallest absolute Gasteiger partial charge is 0.0300 e. The fraction of sp³-hybridized carbons (Fsp3) is 0.500. The van der Waals surface area contributed by atoms with Crippen LogP contribution in [0.15, 0.2) is 42.5 Å². The molecule has 1 unspecified atom stereocenters. The Hall–Kier alpha value is -1.34.